The summed E-state index contributed by atoms with van der Waals surface area (Å²) in [5.41, 5.74) is 8.43. The first-order chi connectivity index (χ1) is 10.1. The number of carbonyl (C=O) groups excluding carboxylic acids is 1. The first kappa shape index (κ1) is 15.5. The predicted octanol–water partition coefficient (Wildman–Crippen LogP) is 0.0247. The fourth-order valence-corrected chi connectivity index (χ4v) is 2.81. The minimum atomic E-state index is 0.115. The van der Waals surface area contributed by atoms with E-state index in [1.54, 1.807) is 11.8 Å². The molecule has 0 aliphatic carbocycles. The van der Waals surface area contributed by atoms with Crippen LogP contribution in [0, 0.1) is 0 Å². The van der Waals surface area contributed by atoms with E-state index in [1.807, 2.05) is 22.8 Å². The van der Waals surface area contributed by atoms with Crippen LogP contribution in [0.5, 0.6) is 0 Å². The van der Waals surface area contributed by atoms with Gasteiger partial charge in [-0.15, -0.1) is 0 Å². The number of aromatic nitrogens is 2. The maximum atomic E-state index is 11.5. The lowest BCUT2D eigenvalue weighted by Crippen LogP contribution is -3.11. The number of fused-ring (bicyclic) bond motifs is 1. The van der Waals surface area contributed by atoms with Gasteiger partial charge in [-0.3, -0.25) is 10.5 Å². The number of nitrogens with one attached hydrogen (secondary N) is 1. The second-order valence-electron chi connectivity index (χ2n) is 5.49. The molecule has 1 aromatic heterocycles. The van der Waals surface area contributed by atoms with Crippen LogP contribution in [0.25, 0.3) is 11.0 Å². The van der Waals surface area contributed by atoms with Crippen LogP contribution in [0.15, 0.2) is 24.3 Å². The molecule has 2 rings (SSSR count). The molecule has 3 N–H and O–H groups in total. The Kier molecular flexibility index (Phi) is 4.96. The Balaban J connectivity index is 2.38. The highest BCUT2D eigenvalue weighted by Crippen LogP contribution is 2.15. The lowest BCUT2D eigenvalue weighted by molar-refractivity contribution is -0.897. The van der Waals surface area contributed by atoms with Gasteiger partial charge in [-0.2, -0.15) is 0 Å². The highest BCUT2D eigenvalue weighted by atomic mass is 16.1. The summed E-state index contributed by atoms with van der Waals surface area (Å²) in [6.45, 7) is 10.5. The number of benzene rings is 1. The zero-order chi connectivity index (χ0) is 15.4. The molecule has 0 saturated carbocycles. The van der Waals surface area contributed by atoms with E-state index in [4.69, 9.17) is 5.73 Å². The normalized spacial score (nSPS) is 11.4. The van der Waals surface area contributed by atoms with Gasteiger partial charge in [0.15, 0.2) is 5.78 Å². The minimum Gasteiger partial charge on any atom is -0.333 e. The van der Waals surface area contributed by atoms with Crippen LogP contribution in [0.2, 0.25) is 0 Å². The maximum absolute atomic E-state index is 11.5. The number of nitrogens with zero attached hydrogens (tertiary/aromatic N) is 2. The molecule has 1 heterocycles. The topological polar surface area (TPSA) is 56.3 Å². The van der Waals surface area contributed by atoms with Gasteiger partial charge in [0.1, 0.15) is 30.7 Å². The number of ketones is 1. The third-order valence-electron chi connectivity index (χ3n) is 4.09. The van der Waals surface area contributed by atoms with E-state index in [2.05, 4.69) is 24.5 Å². The van der Waals surface area contributed by atoms with Crippen LogP contribution in [0.3, 0.4) is 0 Å². The molecule has 114 valence electrons. The summed E-state index contributed by atoms with van der Waals surface area (Å²) in [6, 6.07) is 8.09. The molecular formula is C16H26N4O+2. The zero-order valence-electron chi connectivity index (χ0n) is 13.2. The average Bonchev–Trinajstić information content (AvgIpc) is 2.73. The van der Waals surface area contributed by atoms with Gasteiger partial charge in [0.05, 0.1) is 13.1 Å². The number of hydrogen-bond donors (Lipinski definition) is 2. The van der Waals surface area contributed by atoms with Gasteiger partial charge < -0.3 is 4.90 Å². The van der Waals surface area contributed by atoms with E-state index < -0.39 is 0 Å². The van der Waals surface area contributed by atoms with Gasteiger partial charge in [0.2, 0.25) is 0 Å². The summed E-state index contributed by atoms with van der Waals surface area (Å²) >= 11 is 0. The van der Waals surface area contributed by atoms with Crippen molar-refractivity contribution >= 4 is 22.8 Å². The van der Waals surface area contributed by atoms with Crippen LogP contribution in [-0.4, -0.2) is 30.0 Å². The molecule has 5 nitrogen and oxygen atoms in total. The number of nitrogen functional groups attached to an aromatic ring is 1. The van der Waals surface area contributed by atoms with E-state index in [9.17, 15) is 4.79 Å². The molecule has 0 atom stereocenters. The number of quaternary nitrogens is 1. The molecular weight excluding hydrogens is 264 g/mol. The van der Waals surface area contributed by atoms with Crippen LogP contribution < -0.4 is 15.2 Å². The maximum Gasteiger partial charge on any atom is 0.356 e. The van der Waals surface area contributed by atoms with Gasteiger partial charge >= 0.3 is 5.95 Å². The largest absolute Gasteiger partial charge is 0.356 e. The van der Waals surface area contributed by atoms with Gasteiger partial charge in [0, 0.05) is 0 Å². The Morgan fingerprint density at radius 2 is 1.95 bits per heavy atom. The van der Waals surface area contributed by atoms with Crippen molar-refractivity contribution in [1.29, 1.82) is 0 Å². The van der Waals surface area contributed by atoms with Gasteiger partial charge in [-0.05, 0) is 32.9 Å². The molecule has 0 aliphatic heterocycles. The Hall–Kier alpha value is -1.88. The Labute approximate surface area is 126 Å². The van der Waals surface area contributed by atoms with Crippen molar-refractivity contribution in [2.75, 3.05) is 25.4 Å². The quantitative estimate of drug-likeness (QED) is 0.707. The molecule has 0 fully saturated rings. The molecule has 0 aliphatic rings. The highest BCUT2D eigenvalue weighted by molar-refractivity contribution is 5.77. The predicted molar refractivity (Wildman–Crippen MR) is 84.1 cm³/mol. The van der Waals surface area contributed by atoms with E-state index >= 15 is 0 Å². The van der Waals surface area contributed by atoms with Crippen molar-refractivity contribution < 1.29 is 14.3 Å². The van der Waals surface area contributed by atoms with Gasteiger partial charge in [-0.1, -0.05) is 12.1 Å². The Bertz CT molecular complexity index is 628. The molecule has 0 spiro atoms. The average molecular weight is 290 g/mol. The molecule has 0 saturated heterocycles. The summed E-state index contributed by atoms with van der Waals surface area (Å²) in [4.78, 5) is 13.0. The van der Waals surface area contributed by atoms with E-state index in [1.165, 1.54) is 0 Å². The molecule has 1 aromatic carbocycles. The zero-order valence-corrected chi connectivity index (χ0v) is 13.2. The second-order valence-corrected chi connectivity index (χ2v) is 5.49. The Morgan fingerprint density at radius 1 is 1.29 bits per heavy atom. The molecule has 0 bridgehead atoms. The summed E-state index contributed by atoms with van der Waals surface area (Å²) in [7, 11) is 0. The van der Waals surface area contributed by atoms with Crippen molar-refractivity contribution in [2.45, 2.75) is 33.9 Å². The summed E-state index contributed by atoms with van der Waals surface area (Å²) in [5.74, 6) is 0.780. The number of hydrogen-bond acceptors (Lipinski definition) is 2. The van der Waals surface area contributed by atoms with E-state index in [-0.39, 0.29) is 5.78 Å². The molecule has 0 amide bonds. The first-order valence-corrected chi connectivity index (χ1v) is 7.68. The number of para-hydroxylation sites is 2. The van der Waals surface area contributed by atoms with Crippen molar-refractivity contribution in [3.63, 3.8) is 0 Å². The summed E-state index contributed by atoms with van der Waals surface area (Å²) in [6.07, 6.45) is 0. The summed E-state index contributed by atoms with van der Waals surface area (Å²) < 4.78 is 4.04. The standard InChI is InChI=1S/C16H24N4O/c1-4-18(5-2)10-11-19-14-8-6-7-9-15(14)20(16(19)17)12-13(3)21/h6-9,17H,4-5,10-12H2,1-3H3/p+2. The number of rotatable bonds is 7. The van der Waals surface area contributed by atoms with Crippen molar-refractivity contribution in [3.8, 4) is 0 Å². The van der Waals surface area contributed by atoms with Crippen molar-refractivity contribution in [2.24, 2.45) is 0 Å². The van der Waals surface area contributed by atoms with Crippen LogP contribution in [-0.2, 0) is 17.9 Å². The van der Waals surface area contributed by atoms with Gasteiger partial charge in [-0.25, -0.2) is 9.13 Å². The number of nitrogens with two attached hydrogens (primary N) is 1. The third kappa shape index (κ3) is 3.24. The van der Waals surface area contributed by atoms with Crippen LogP contribution in [0.1, 0.15) is 20.8 Å². The monoisotopic (exact) mass is 290 g/mol. The molecule has 0 radical (unpaired) electrons. The van der Waals surface area contributed by atoms with E-state index in [0.29, 0.717) is 12.5 Å². The van der Waals surface area contributed by atoms with Crippen LogP contribution >= 0.6 is 0 Å². The van der Waals surface area contributed by atoms with E-state index in [0.717, 1.165) is 37.2 Å². The molecule has 21 heavy (non-hydrogen) atoms. The summed E-state index contributed by atoms with van der Waals surface area (Å²) in [5, 5.41) is 0. The minimum absolute atomic E-state index is 0.115. The Morgan fingerprint density at radius 3 is 2.57 bits per heavy atom. The fraction of sp³-hybridized carbons (Fsp3) is 0.500. The highest BCUT2D eigenvalue weighted by Gasteiger charge is 2.22. The fourth-order valence-electron chi connectivity index (χ4n) is 2.81. The smallest absolute Gasteiger partial charge is 0.333 e. The molecule has 0 unspecified atom stereocenters. The number of Topliss-reactive ketones (excluding diaryl/α,β-unsaturated/α-hetero) is 1. The number of imidazole rings is 1. The lowest BCUT2D eigenvalue weighted by Gasteiger charge is -2.14. The molecule has 2 aromatic rings. The van der Waals surface area contributed by atoms with Crippen molar-refractivity contribution in [1.82, 2.24) is 4.57 Å². The van der Waals surface area contributed by atoms with Crippen molar-refractivity contribution in [3.05, 3.63) is 24.3 Å². The van der Waals surface area contributed by atoms with Crippen LogP contribution in [0.4, 0.5) is 5.95 Å². The lowest BCUT2D eigenvalue weighted by atomic mass is 10.3. The third-order valence-corrected chi connectivity index (χ3v) is 4.09. The SMILES string of the molecule is CC[NH+](CC)CCn1c(N)[n+](CC(C)=O)c2ccccc21. The number of carbonyl (C=O) groups is 1. The second kappa shape index (κ2) is 6.72. The number of anilines is 1. The number of likely N-dealkylation sites (N-methyl/N-ethyl adjacent to an activating group) is 1. The van der Waals surface area contributed by atoms with Gasteiger partial charge in [0.25, 0.3) is 0 Å². The molecule has 5 heteroatoms. The first-order valence-electron chi connectivity index (χ1n) is 7.68.